The Morgan fingerprint density at radius 1 is 1.04 bits per heavy atom. The van der Waals surface area contributed by atoms with Crippen LogP contribution in [0.5, 0.6) is 11.6 Å². The van der Waals surface area contributed by atoms with Gasteiger partial charge in [-0.25, -0.2) is 14.4 Å². The van der Waals surface area contributed by atoms with Crippen molar-refractivity contribution in [2.75, 3.05) is 6.54 Å². The Morgan fingerprint density at radius 2 is 1.93 bits per heavy atom. The van der Waals surface area contributed by atoms with Crippen molar-refractivity contribution in [2.45, 2.75) is 20.0 Å². The van der Waals surface area contributed by atoms with Crippen molar-refractivity contribution < 1.29 is 9.13 Å². The summed E-state index contributed by atoms with van der Waals surface area (Å²) >= 11 is 0. The molecule has 0 aliphatic heterocycles. The molecule has 0 atom stereocenters. The second-order valence-corrected chi connectivity index (χ2v) is 5.90. The molecule has 0 saturated heterocycles. The summed E-state index contributed by atoms with van der Waals surface area (Å²) in [5, 5.41) is 6.45. The summed E-state index contributed by atoms with van der Waals surface area (Å²) in [5.41, 5.74) is 1.71. The molecule has 0 amide bonds. The smallest absolute Gasteiger partial charge is 0.224 e. The van der Waals surface area contributed by atoms with Crippen molar-refractivity contribution in [3.8, 4) is 11.6 Å². The number of hydrogen-bond acceptors (Lipinski definition) is 4. The van der Waals surface area contributed by atoms with Gasteiger partial charge in [-0.3, -0.25) is 4.98 Å². The fraction of sp³-hybridized carbons (Fsp3) is 0.190. The maximum Gasteiger partial charge on any atom is 0.224 e. The summed E-state index contributed by atoms with van der Waals surface area (Å²) in [7, 11) is 0. The molecule has 0 unspecified atom stereocenters. The third-order valence-corrected chi connectivity index (χ3v) is 3.78. The van der Waals surface area contributed by atoms with Crippen LogP contribution in [0.1, 0.15) is 18.2 Å². The second kappa shape index (κ2) is 10.0. The Morgan fingerprint density at radius 3 is 2.71 bits per heavy atom. The summed E-state index contributed by atoms with van der Waals surface area (Å²) in [5.74, 6) is 1.09. The van der Waals surface area contributed by atoms with E-state index >= 15 is 0 Å². The van der Waals surface area contributed by atoms with Gasteiger partial charge < -0.3 is 15.4 Å². The first-order chi connectivity index (χ1) is 13.7. The van der Waals surface area contributed by atoms with E-state index in [0.717, 1.165) is 17.8 Å². The van der Waals surface area contributed by atoms with Crippen molar-refractivity contribution in [2.24, 2.45) is 4.99 Å². The molecule has 2 N–H and O–H groups in total. The van der Waals surface area contributed by atoms with Gasteiger partial charge in [-0.15, -0.1) is 0 Å². The molecule has 28 heavy (non-hydrogen) atoms. The average molecular weight is 379 g/mol. The van der Waals surface area contributed by atoms with E-state index < -0.39 is 0 Å². The molecule has 6 nitrogen and oxygen atoms in total. The van der Waals surface area contributed by atoms with E-state index in [2.05, 4.69) is 25.6 Å². The lowest BCUT2D eigenvalue weighted by Gasteiger charge is -2.12. The van der Waals surface area contributed by atoms with Gasteiger partial charge in [0.2, 0.25) is 5.88 Å². The van der Waals surface area contributed by atoms with E-state index in [1.54, 1.807) is 24.5 Å². The van der Waals surface area contributed by atoms with E-state index in [9.17, 15) is 4.39 Å². The van der Waals surface area contributed by atoms with Crippen molar-refractivity contribution in [1.29, 1.82) is 0 Å². The monoisotopic (exact) mass is 379 g/mol. The first-order valence-corrected chi connectivity index (χ1v) is 9.04. The Labute approximate surface area is 163 Å². The lowest BCUT2D eigenvalue weighted by atomic mass is 10.2. The van der Waals surface area contributed by atoms with Gasteiger partial charge in [-0.1, -0.05) is 18.2 Å². The highest BCUT2D eigenvalue weighted by atomic mass is 19.1. The zero-order valence-electron chi connectivity index (χ0n) is 15.6. The molecule has 1 aromatic carbocycles. The third-order valence-electron chi connectivity index (χ3n) is 3.78. The molecule has 0 radical (unpaired) electrons. The number of pyridine rings is 2. The van der Waals surface area contributed by atoms with Crippen LogP contribution in [0.15, 0.2) is 72.0 Å². The van der Waals surface area contributed by atoms with Gasteiger partial charge >= 0.3 is 0 Å². The summed E-state index contributed by atoms with van der Waals surface area (Å²) in [6.07, 6.45) is 3.39. The number of rotatable bonds is 7. The van der Waals surface area contributed by atoms with Crippen molar-refractivity contribution in [3.63, 3.8) is 0 Å². The molecule has 2 heterocycles. The van der Waals surface area contributed by atoms with Crippen LogP contribution in [-0.2, 0) is 13.1 Å². The minimum atomic E-state index is -0.360. The van der Waals surface area contributed by atoms with Crippen LogP contribution >= 0.6 is 0 Å². The van der Waals surface area contributed by atoms with Crippen LogP contribution in [-0.4, -0.2) is 22.5 Å². The maximum atomic E-state index is 13.4. The topological polar surface area (TPSA) is 71.4 Å². The molecule has 2 aromatic heterocycles. The van der Waals surface area contributed by atoms with Gasteiger partial charge in [0.15, 0.2) is 5.96 Å². The first kappa shape index (κ1) is 19.3. The molecule has 3 rings (SSSR count). The van der Waals surface area contributed by atoms with Crippen LogP contribution in [0.4, 0.5) is 4.39 Å². The minimum Gasteiger partial charge on any atom is -0.439 e. The number of nitrogens with zero attached hydrogens (tertiary/aromatic N) is 3. The first-order valence-electron chi connectivity index (χ1n) is 9.04. The van der Waals surface area contributed by atoms with E-state index in [0.29, 0.717) is 30.7 Å². The summed E-state index contributed by atoms with van der Waals surface area (Å²) in [6.45, 7) is 3.65. The highest BCUT2D eigenvalue weighted by molar-refractivity contribution is 5.79. The standard InChI is InChI=1S/C21H22FN5O/c1-2-23-21(27-15-18-9-3-4-11-24-18)26-14-16-7-6-12-25-20(16)28-19-10-5-8-17(22)13-19/h3-13H,2,14-15H2,1H3,(H2,23,26,27). The quantitative estimate of drug-likeness (QED) is 0.484. The largest absolute Gasteiger partial charge is 0.439 e. The zero-order chi connectivity index (χ0) is 19.6. The average Bonchev–Trinajstić information content (AvgIpc) is 2.72. The number of ether oxygens (including phenoxy) is 1. The third kappa shape index (κ3) is 5.77. The van der Waals surface area contributed by atoms with E-state index in [4.69, 9.17) is 4.74 Å². The lowest BCUT2D eigenvalue weighted by Crippen LogP contribution is -2.37. The zero-order valence-corrected chi connectivity index (χ0v) is 15.6. The van der Waals surface area contributed by atoms with Crippen LogP contribution in [0.3, 0.4) is 0 Å². The summed E-state index contributed by atoms with van der Waals surface area (Å²) < 4.78 is 19.1. The number of nitrogens with one attached hydrogen (secondary N) is 2. The van der Waals surface area contributed by atoms with Gasteiger partial charge in [0.05, 0.1) is 18.8 Å². The predicted molar refractivity (Wildman–Crippen MR) is 107 cm³/mol. The van der Waals surface area contributed by atoms with Crippen molar-refractivity contribution in [3.05, 3.63) is 84.1 Å². The van der Waals surface area contributed by atoms with E-state index in [1.165, 1.54) is 12.1 Å². The molecule has 0 fully saturated rings. The molecule has 0 bridgehead atoms. The lowest BCUT2D eigenvalue weighted by molar-refractivity contribution is 0.452. The number of hydrogen-bond donors (Lipinski definition) is 2. The van der Waals surface area contributed by atoms with Crippen molar-refractivity contribution >= 4 is 5.96 Å². The van der Waals surface area contributed by atoms with Crippen LogP contribution in [0.2, 0.25) is 0 Å². The number of benzene rings is 1. The highest BCUT2D eigenvalue weighted by Gasteiger charge is 2.07. The predicted octanol–water partition coefficient (Wildman–Crippen LogP) is 3.66. The second-order valence-electron chi connectivity index (χ2n) is 5.90. The summed E-state index contributed by atoms with van der Waals surface area (Å²) in [6, 6.07) is 15.4. The molecule has 144 valence electrons. The number of aromatic nitrogens is 2. The molecular weight excluding hydrogens is 357 g/mol. The molecule has 0 saturated carbocycles. The van der Waals surface area contributed by atoms with E-state index in [1.807, 2.05) is 37.3 Å². The molecule has 7 heteroatoms. The number of halogens is 1. The Hall–Kier alpha value is -3.48. The van der Waals surface area contributed by atoms with Gasteiger partial charge in [-0.2, -0.15) is 0 Å². The van der Waals surface area contributed by atoms with Gasteiger partial charge in [0.25, 0.3) is 0 Å². The van der Waals surface area contributed by atoms with Gasteiger partial charge in [-0.05, 0) is 37.3 Å². The molecular formula is C21H22FN5O. The summed E-state index contributed by atoms with van der Waals surface area (Å²) in [4.78, 5) is 13.1. The van der Waals surface area contributed by atoms with Gasteiger partial charge in [0.1, 0.15) is 11.6 Å². The van der Waals surface area contributed by atoms with E-state index in [-0.39, 0.29) is 5.82 Å². The number of guanidine groups is 1. The molecule has 0 aliphatic carbocycles. The fourth-order valence-electron chi connectivity index (χ4n) is 2.46. The normalized spacial score (nSPS) is 11.1. The Balaban J connectivity index is 1.70. The molecule has 3 aromatic rings. The Kier molecular flexibility index (Phi) is 6.89. The van der Waals surface area contributed by atoms with Crippen LogP contribution in [0, 0.1) is 5.82 Å². The SMILES string of the molecule is CCNC(=NCc1cccnc1Oc1cccc(F)c1)NCc1ccccn1. The molecule has 0 spiro atoms. The number of aliphatic imine (C=N–C) groups is 1. The maximum absolute atomic E-state index is 13.4. The fourth-order valence-corrected chi connectivity index (χ4v) is 2.46. The molecule has 0 aliphatic rings. The van der Waals surface area contributed by atoms with Crippen molar-refractivity contribution in [1.82, 2.24) is 20.6 Å². The highest BCUT2D eigenvalue weighted by Crippen LogP contribution is 2.23. The minimum absolute atomic E-state index is 0.357. The van der Waals surface area contributed by atoms with Crippen LogP contribution < -0.4 is 15.4 Å². The Bertz CT molecular complexity index is 917. The van der Waals surface area contributed by atoms with Gasteiger partial charge in [0, 0.05) is 30.6 Å². The van der Waals surface area contributed by atoms with Crippen LogP contribution in [0.25, 0.3) is 0 Å².